The molecule has 1 unspecified atom stereocenters. The van der Waals surface area contributed by atoms with Gasteiger partial charge in [-0.25, -0.2) is 19.4 Å². The Hall–Kier alpha value is -2.48. The molecule has 0 fully saturated rings. The molecular formula is C14H20N6O2. The second-order valence-electron chi connectivity index (χ2n) is 5.78. The maximum atomic E-state index is 11.6. The standard InChI is InChI=1S/C14H20N6O2/c1-14(2,3)22-13(21)18-7-11(15)10-4-5-12(17-6-10)20-9-16-8-19-20/h4-6,8-9,11H,7,15H2,1-3H3,(H,18,21). The number of nitrogens with one attached hydrogen (secondary N) is 1. The third-order valence-electron chi connectivity index (χ3n) is 2.72. The van der Waals surface area contributed by atoms with Gasteiger partial charge in [-0.05, 0) is 32.4 Å². The molecule has 2 aromatic rings. The van der Waals surface area contributed by atoms with Gasteiger partial charge in [0.2, 0.25) is 0 Å². The molecule has 8 nitrogen and oxygen atoms in total. The molecule has 2 aromatic heterocycles. The van der Waals surface area contributed by atoms with Crippen LogP contribution in [-0.2, 0) is 4.74 Å². The van der Waals surface area contributed by atoms with Crippen molar-refractivity contribution in [1.82, 2.24) is 25.1 Å². The second-order valence-corrected chi connectivity index (χ2v) is 5.78. The molecule has 1 amide bonds. The molecule has 0 aliphatic carbocycles. The number of ether oxygens (including phenoxy) is 1. The number of carbonyl (C=O) groups is 1. The van der Waals surface area contributed by atoms with Crippen LogP contribution >= 0.6 is 0 Å². The lowest BCUT2D eigenvalue weighted by atomic mass is 10.1. The van der Waals surface area contributed by atoms with E-state index in [9.17, 15) is 4.79 Å². The van der Waals surface area contributed by atoms with E-state index in [0.717, 1.165) is 5.56 Å². The van der Waals surface area contributed by atoms with Gasteiger partial charge in [-0.15, -0.1) is 0 Å². The summed E-state index contributed by atoms with van der Waals surface area (Å²) in [5, 5.41) is 6.63. The number of aromatic nitrogens is 4. The predicted molar refractivity (Wildman–Crippen MR) is 80.3 cm³/mol. The normalized spacial score (nSPS) is 12.7. The molecule has 2 rings (SSSR count). The van der Waals surface area contributed by atoms with Crippen molar-refractivity contribution in [1.29, 1.82) is 0 Å². The number of alkyl carbamates (subject to hydrolysis) is 1. The Morgan fingerprint density at radius 3 is 2.77 bits per heavy atom. The molecule has 1 atom stereocenters. The number of nitrogens with two attached hydrogens (primary N) is 1. The lowest BCUT2D eigenvalue weighted by Gasteiger charge is -2.20. The van der Waals surface area contributed by atoms with Gasteiger partial charge in [-0.1, -0.05) is 6.07 Å². The average molecular weight is 304 g/mol. The van der Waals surface area contributed by atoms with E-state index in [4.69, 9.17) is 10.5 Å². The van der Waals surface area contributed by atoms with Crippen molar-refractivity contribution in [2.75, 3.05) is 6.54 Å². The van der Waals surface area contributed by atoms with E-state index in [0.29, 0.717) is 5.82 Å². The number of pyridine rings is 1. The first-order chi connectivity index (χ1) is 10.3. The van der Waals surface area contributed by atoms with Crippen molar-refractivity contribution in [3.8, 4) is 5.82 Å². The Labute approximate surface area is 128 Å². The number of hydrogen-bond acceptors (Lipinski definition) is 6. The Morgan fingerprint density at radius 2 is 2.23 bits per heavy atom. The molecule has 3 N–H and O–H groups in total. The molecule has 8 heteroatoms. The topological polar surface area (TPSA) is 108 Å². The van der Waals surface area contributed by atoms with Crippen molar-refractivity contribution in [2.24, 2.45) is 5.73 Å². The lowest BCUT2D eigenvalue weighted by molar-refractivity contribution is 0.0524. The summed E-state index contributed by atoms with van der Waals surface area (Å²) in [6.07, 6.45) is 4.16. The lowest BCUT2D eigenvalue weighted by Crippen LogP contribution is -2.36. The fourth-order valence-electron chi connectivity index (χ4n) is 1.70. The third-order valence-corrected chi connectivity index (χ3v) is 2.72. The first-order valence-corrected chi connectivity index (χ1v) is 6.88. The first-order valence-electron chi connectivity index (χ1n) is 6.88. The maximum absolute atomic E-state index is 11.6. The highest BCUT2D eigenvalue weighted by molar-refractivity contribution is 5.67. The second kappa shape index (κ2) is 6.52. The van der Waals surface area contributed by atoms with Gasteiger partial charge in [0.25, 0.3) is 0 Å². The molecule has 0 saturated heterocycles. The molecule has 2 heterocycles. The maximum Gasteiger partial charge on any atom is 0.407 e. The smallest absolute Gasteiger partial charge is 0.407 e. The molecular weight excluding hydrogens is 284 g/mol. The summed E-state index contributed by atoms with van der Waals surface area (Å²) < 4.78 is 6.70. The summed E-state index contributed by atoms with van der Waals surface area (Å²) in [5.74, 6) is 0.647. The largest absolute Gasteiger partial charge is 0.444 e. The van der Waals surface area contributed by atoms with E-state index in [-0.39, 0.29) is 12.6 Å². The zero-order valence-corrected chi connectivity index (χ0v) is 12.9. The van der Waals surface area contributed by atoms with Gasteiger partial charge in [0.15, 0.2) is 5.82 Å². The Kier molecular flexibility index (Phi) is 4.71. The van der Waals surface area contributed by atoms with E-state index in [1.807, 2.05) is 6.07 Å². The summed E-state index contributed by atoms with van der Waals surface area (Å²) in [4.78, 5) is 19.7. The van der Waals surface area contributed by atoms with Crippen LogP contribution < -0.4 is 11.1 Å². The van der Waals surface area contributed by atoms with Gasteiger partial charge in [0, 0.05) is 18.8 Å². The van der Waals surface area contributed by atoms with Crippen LogP contribution in [0.15, 0.2) is 31.0 Å². The van der Waals surface area contributed by atoms with E-state index < -0.39 is 11.7 Å². The Balaban J connectivity index is 1.90. The number of nitrogens with zero attached hydrogens (tertiary/aromatic N) is 4. The fraction of sp³-hybridized carbons (Fsp3) is 0.429. The number of amides is 1. The fourth-order valence-corrected chi connectivity index (χ4v) is 1.70. The Morgan fingerprint density at radius 1 is 1.45 bits per heavy atom. The number of carbonyl (C=O) groups excluding carboxylic acids is 1. The Bertz CT molecular complexity index is 603. The summed E-state index contributed by atoms with van der Waals surface area (Å²) in [6.45, 7) is 5.68. The number of hydrogen-bond donors (Lipinski definition) is 2. The molecule has 0 saturated carbocycles. The van der Waals surface area contributed by atoms with Gasteiger partial charge in [0.1, 0.15) is 18.3 Å². The zero-order chi connectivity index (χ0) is 16.2. The van der Waals surface area contributed by atoms with Gasteiger partial charge in [-0.2, -0.15) is 5.10 Å². The minimum atomic E-state index is -0.533. The summed E-state index contributed by atoms with van der Waals surface area (Å²) >= 11 is 0. The van der Waals surface area contributed by atoms with Crippen LogP contribution in [0.25, 0.3) is 5.82 Å². The van der Waals surface area contributed by atoms with Crippen LogP contribution in [-0.4, -0.2) is 38.0 Å². The highest BCUT2D eigenvalue weighted by Crippen LogP contribution is 2.11. The molecule has 0 radical (unpaired) electrons. The summed E-state index contributed by atoms with van der Waals surface area (Å²) in [6, 6.07) is 3.26. The van der Waals surface area contributed by atoms with Gasteiger partial charge < -0.3 is 15.8 Å². The van der Waals surface area contributed by atoms with E-state index >= 15 is 0 Å². The minimum Gasteiger partial charge on any atom is -0.444 e. The quantitative estimate of drug-likeness (QED) is 0.878. The SMILES string of the molecule is CC(C)(C)OC(=O)NCC(N)c1ccc(-n2cncn2)nc1. The molecule has 22 heavy (non-hydrogen) atoms. The summed E-state index contributed by atoms with van der Waals surface area (Å²) in [7, 11) is 0. The highest BCUT2D eigenvalue weighted by atomic mass is 16.6. The van der Waals surface area contributed by atoms with Crippen molar-refractivity contribution < 1.29 is 9.53 Å². The molecule has 0 bridgehead atoms. The molecule has 0 aliphatic rings. The molecule has 118 valence electrons. The monoisotopic (exact) mass is 304 g/mol. The van der Waals surface area contributed by atoms with Gasteiger partial charge in [-0.3, -0.25) is 0 Å². The molecule has 0 aromatic carbocycles. The van der Waals surface area contributed by atoms with Crippen LogP contribution in [0.4, 0.5) is 4.79 Å². The number of rotatable bonds is 4. The average Bonchev–Trinajstić information content (AvgIpc) is 2.97. The predicted octanol–water partition coefficient (Wildman–Crippen LogP) is 1.19. The van der Waals surface area contributed by atoms with Crippen LogP contribution in [0.1, 0.15) is 32.4 Å². The third kappa shape index (κ3) is 4.52. The first kappa shape index (κ1) is 15.9. The minimum absolute atomic E-state index is 0.263. The van der Waals surface area contributed by atoms with Crippen molar-refractivity contribution in [3.05, 3.63) is 36.5 Å². The van der Waals surface area contributed by atoms with E-state index in [1.54, 1.807) is 44.0 Å². The van der Waals surface area contributed by atoms with Gasteiger partial charge in [0.05, 0.1) is 0 Å². The van der Waals surface area contributed by atoms with Crippen LogP contribution in [0.5, 0.6) is 0 Å². The van der Waals surface area contributed by atoms with Crippen molar-refractivity contribution >= 4 is 6.09 Å². The zero-order valence-electron chi connectivity index (χ0n) is 12.9. The van der Waals surface area contributed by atoms with E-state index in [2.05, 4.69) is 20.4 Å². The van der Waals surface area contributed by atoms with Gasteiger partial charge >= 0.3 is 6.09 Å². The highest BCUT2D eigenvalue weighted by Gasteiger charge is 2.17. The van der Waals surface area contributed by atoms with Crippen LogP contribution in [0.3, 0.4) is 0 Å². The van der Waals surface area contributed by atoms with Crippen molar-refractivity contribution in [3.63, 3.8) is 0 Å². The summed E-state index contributed by atoms with van der Waals surface area (Å²) in [5.41, 5.74) is 6.30. The van der Waals surface area contributed by atoms with E-state index in [1.165, 1.54) is 6.33 Å². The van der Waals surface area contributed by atoms with Crippen molar-refractivity contribution in [2.45, 2.75) is 32.4 Å². The molecule has 0 spiro atoms. The van der Waals surface area contributed by atoms with Crippen LogP contribution in [0, 0.1) is 0 Å². The molecule has 0 aliphatic heterocycles. The van der Waals surface area contributed by atoms with Crippen LogP contribution in [0.2, 0.25) is 0 Å².